The number of aliphatic imine (C=N–C) groups is 2. The summed E-state index contributed by atoms with van der Waals surface area (Å²) in [5.74, 6) is 0. The number of hydrogen-bond acceptors (Lipinski definition) is 2. The molecule has 2 nitrogen and oxygen atoms in total. The second kappa shape index (κ2) is 2.97. The maximum Gasteiger partial charge on any atom is 0.418 e. The number of allylic oxidation sites excluding steroid dienone is 1. The predicted octanol–water partition coefficient (Wildman–Crippen LogP) is 2.37. The van der Waals surface area contributed by atoms with Gasteiger partial charge in [-0.15, -0.1) is 0 Å². The molecule has 72 valence electrons. The molecule has 0 saturated heterocycles. The largest absolute Gasteiger partial charge is 0.418 e. The lowest BCUT2D eigenvalue weighted by Gasteiger charge is -2.22. The summed E-state index contributed by atoms with van der Waals surface area (Å²) in [6.45, 7) is 2.63. The zero-order valence-corrected chi connectivity index (χ0v) is 7.26. The number of nitrogens with zero attached hydrogens (tertiary/aromatic N) is 2. The van der Waals surface area contributed by atoms with Gasteiger partial charge in [0.1, 0.15) is 0 Å². The third-order valence-corrected chi connectivity index (χ3v) is 1.71. The second-order valence-corrected chi connectivity index (χ2v) is 3.05. The molecule has 13 heavy (non-hydrogen) atoms. The standard InChI is InChI=1S/C8H9F3N2/c1-6-3-12-5-7(2,13-4-6)8(9,10)11/h3-5H,1-2H3. The van der Waals surface area contributed by atoms with Gasteiger partial charge in [-0.1, -0.05) is 0 Å². The number of hydrogen-bond donors (Lipinski definition) is 0. The molecule has 1 aliphatic rings. The second-order valence-electron chi connectivity index (χ2n) is 3.05. The van der Waals surface area contributed by atoms with Gasteiger partial charge in [-0.2, -0.15) is 13.2 Å². The number of alkyl halides is 3. The average molecular weight is 190 g/mol. The first-order valence-corrected chi connectivity index (χ1v) is 3.68. The molecule has 0 spiro atoms. The van der Waals surface area contributed by atoms with Crippen LogP contribution in [0.1, 0.15) is 13.8 Å². The molecule has 0 fully saturated rings. The Morgan fingerprint density at radius 1 is 1.38 bits per heavy atom. The maximum absolute atomic E-state index is 12.4. The van der Waals surface area contributed by atoms with Crippen LogP contribution in [0, 0.1) is 0 Å². The molecule has 0 amide bonds. The molecular formula is C8H9F3N2. The van der Waals surface area contributed by atoms with Crippen LogP contribution < -0.4 is 0 Å². The first-order valence-electron chi connectivity index (χ1n) is 3.68. The van der Waals surface area contributed by atoms with Crippen LogP contribution in [0.4, 0.5) is 13.2 Å². The molecule has 0 saturated carbocycles. The monoisotopic (exact) mass is 190 g/mol. The van der Waals surface area contributed by atoms with Crippen molar-refractivity contribution in [3.63, 3.8) is 0 Å². The van der Waals surface area contributed by atoms with Crippen LogP contribution in [0.5, 0.6) is 0 Å². The minimum atomic E-state index is -4.40. The summed E-state index contributed by atoms with van der Waals surface area (Å²) in [5.41, 5.74) is -1.59. The summed E-state index contributed by atoms with van der Waals surface area (Å²) in [4.78, 5) is 6.98. The first-order chi connectivity index (χ1) is 5.85. The molecule has 0 bridgehead atoms. The van der Waals surface area contributed by atoms with Gasteiger partial charge in [0.25, 0.3) is 0 Å². The van der Waals surface area contributed by atoms with Gasteiger partial charge in [0, 0.05) is 18.6 Å². The smallest absolute Gasteiger partial charge is 0.271 e. The van der Waals surface area contributed by atoms with E-state index in [1.807, 2.05) is 0 Å². The lowest BCUT2D eigenvalue weighted by molar-refractivity contribution is -0.158. The lowest BCUT2D eigenvalue weighted by atomic mass is 10.1. The fourth-order valence-electron chi connectivity index (χ4n) is 0.749. The average Bonchev–Trinajstić information content (AvgIpc) is 2.13. The van der Waals surface area contributed by atoms with Crippen molar-refractivity contribution < 1.29 is 13.2 Å². The fourth-order valence-corrected chi connectivity index (χ4v) is 0.749. The summed E-state index contributed by atoms with van der Waals surface area (Å²) >= 11 is 0. The zero-order chi connectivity index (χ0) is 10.1. The molecule has 1 atom stereocenters. The molecule has 1 aliphatic heterocycles. The summed E-state index contributed by atoms with van der Waals surface area (Å²) in [6.07, 6.45) is -1.06. The van der Waals surface area contributed by atoms with E-state index in [0.717, 1.165) is 13.1 Å². The third-order valence-electron chi connectivity index (χ3n) is 1.71. The van der Waals surface area contributed by atoms with E-state index >= 15 is 0 Å². The number of halogens is 3. The molecule has 1 unspecified atom stereocenters. The molecule has 5 heteroatoms. The molecule has 0 aliphatic carbocycles. The number of rotatable bonds is 0. The highest BCUT2D eigenvalue weighted by molar-refractivity contribution is 5.84. The first kappa shape index (κ1) is 9.95. The highest BCUT2D eigenvalue weighted by atomic mass is 19.4. The van der Waals surface area contributed by atoms with Crippen LogP contribution in [0.3, 0.4) is 0 Å². The van der Waals surface area contributed by atoms with E-state index in [1.165, 1.54) is 12.4 Å². The van der Waals surface area contributed by atoms with Gasteiger partial charge >= 0.3 is 6.18 Å². The summed E-state index contributed by atoms with van der Waals surface area (Å²) < 4.78 is 37.2. The Kier molecular flexibility index (Phi) is 2.28. The van der Waals surface area contributed by atoms with Gasteiger partial charge < -0.3 is 0 Å². The van der Waals surface area contributed by atoms with Crippen LogP contribution in [0.25, 0.3) is 0 Å². The Bertz CT molecular complexity index is 288. The molecule has 1 rings (SSSR count). The molecular weight excluding hydrogens is 181 g/mol. The van der Waals surface area contributed by atoms with Crippen molar-refractivity contribution in [1.29, 1.82) is 0 Å². The quantitative estimate of drug-likeness (QED) is 0.560. The molecule has 1 heterocycles. The summed E-state index contributed by atoms with van der Waals surface area (Å²) in [7, 11) is 0. The van der Waals surface area contributed by atoms with E-state index in [1.54, 1.807) is 6.92 Å². The van der Waals surface area contributed by atoms with Crippen molar-refractivity contribution in [2.75, 3.05) is 0 Å². The van der Waals surface area contributed by atoms with Crippen LogP contribution in [0.15, 0.2) is 21.8 Å². The minimum Gasteiger partial charge on any atom is -0.271 e. The maximum atomic E-state index is 12.4. The van der Waals surface area contributed by atoms with Crippen molar-refractivity contribution in [2.24, 2.45) is 9.98 Å². The zero-order valence-electron chi connectivity index (χ0n) is 7.26. The Morgan fingerprint density at radius 2 is 2.00 bits per heavy atom. The fraction of sp³-hybridized carbons (Fsp3) is 0.500. The van der Waals surface area contributed by atoms with Crippen LogP contribution in [-0.4, -0.2) is 24.1 Å². The van der Waals surface area contributed by atoms with Crippen molar-refractivity contribution >= 4 is 12.4 Å². The van der Waals surface area contributed by atoms with E-state index in [2.05, 4.69) is 9.98 Å². The molecule has 0 aromatic heterocycles. The Hall–Kier alpha value is -1.13. The lowest BCUT2D eigenvalue weighted by Crippen LogP contribution is -2.41. The molecule has 0 aromatic carbocycles. The minimum absolute atomic E-state index is 0.601. The van der Waals surface area contributed by atoms with Gasteiger partial charge in [-0.05, 0) is 19.4 Å². The Morgan fingerprint density at radius 3 is 2.54 bits per heavy atom. The van der Waals surface area contributed by atoms with Crippen molar-refractivity contribution in [3.05, 3.63) is 11.8 Å². The van der Waals surface area contributed by atoms with Crippen LogP contribution in [0.2, 0.25) is 0 Å². The molecule has 0 aromatic rings. The molecule has 0 N–H and O–H groups in total. The summed E-state index contributed by atoms with van der Waals surface area (Å²) in [6, 6.07) is 0. The van der Waals surface area contributed by atoms with Crippen molar-refractivity contribution in [1.82, 2.24) is 0 Å². The van der Waals surface area contributed by atoms with Gasteiger partial charge in [0.2, 0.25) is 0 Å². The Labute approximate surface area is 73.9 Å². The van der Waals surface area contributed by atoms with E-state index < -0.39 is 11.7 Å². The summed E-state index contributed by atoms with van der Waals surface area (Å²) in [5, 5.41) is 0. The molecule has 0 radical (unpaired) electrons. The normalized spacial score (nSPS) is 28.5. The van der Waals surface area contributed by atoms with Crippen LogP contribution in [-0.2, 0) is 0 Å². The van der Waals surface area contributed by atoms with Crippen LogP contribution >= 0.6 is 0 Å². The van der Waals surface area contributed by atoms with E-state index in [-0.39, 0.29) is 0 Å². The third kappa shape index (κ3) is 1.96. The van der Waals surface area contributed by atoms with E-state index in [4.69, 9.17) is 0 Å². The van der Waals surface area contributed by atoms with Gasteiger partial charge in [-0.3, -0.25) is 9.98 Å². The van der Waals surface area contributed by atoms with E-state index in [9.17, 15) is 13.2 Å². The van der Waals surface area contributed by atoms with Gasteiger partial charge in [-0.25, -0.2) is 0 Å². The van der Waals surface area contributed by atoms with E-state index in [0.29, 0.717) is 5.57 Å². The Balaban J connectivity index is 3.03. The van der Waals surface area contributed by atoms with Gasteiger partial charge in [0.15, 0.2) is 5.54 Å². The highest BCUT2D eigenvalue weighted by Gasteiger charge is 2.50. The highest BCUT2D eigenvalue weighted by Crippen LogP contribution is 2.32. The SMILES string of the molecule is CC1=CN=CC(C)(C(F)(F)F)N=C1. The topological polar surface area (TPSA) is 24.7 Å². The van der Waals surface area contributed by atoms with Gasteiger partial charge in [0.05, 0.1) is 0 Å². The van der Waals surface area contributed by atoms with Crippen molar-refractivity contribution in [2.45, 2.75) is 25.6 Å². The van der Waals surface area contributed by atoms with Crippen molar-refractivity contribution in [3.8, 4) is 0 Å². The predicted molar refractivity (Wildman–Crippen MR) is 45.2 cm³/mol.